The third-order valence-corrected chi connectivity index (χ3v) is 4.72. The number of nitrogens with zero attached hydrogens (tertiary/aromatic N) is 2. The molecule has 0 radical (unpaired) electrons. The van der Waals surface area contributed by atoms with Crippen molar-refractivity contribution in [1.29, 1.82) is 0 Å². The Morgan fingerprint density at radius 2 is 1.91 bits per heavy atom. The maximum Gasteiger partial charge on any atom is 0.293 e. The summed E-state index contributed by atoms with van der Waals surface area (Å²) in [5.41, 5.74) is 1.84. The van der Waals surface area contributed by atoms with Gasteiger partial charge in [0, 0.05) is 23.9 Å². The molecule has 1 aromatic carbocycles. The van der Waals surface area contributed by atoms with Crippen LogP contribution in [0.1, 0.15) is 11.1 Å². The molecule has 0 aliphatic carbocycles. The van der Waals surface area contributed by atoms with E-state index < -0.39 is 0 Å². The maximum atomic E-state index is 12.4. The SMILES string of the molecule is Cn1ccc(/C=C2/SC(=O)N(Cc3ccc(Br)cc3)C2=O)c1. The van der Waals surface area contributed by atoms with Crippen LogP contribution in [0.5, 0.6) is 0 Å². The van der Waals surface area contributed by atoms with Crippen LogP contribution in [0.4, 0.5) is 4.79 Å². The van der Waals surface area contributed by atoms with E-state index in [-0.39, 0.29) is 11.1 Å². The molecular formula is C16H13BrN2O2S. The van der Waals surface area contributed by atoms with Crippen molar-refractivity contribution in [3.8, 4) is 0 Å². The summed E-state index contributed by atoms with van der Waals surface area (Å²) in [6.45, 7) is 0.296. The van der Waals surface area contributed by atoms with E-state index in [0.29, 0.717) is 11.4 Å². The molecule has 112 valence electrons. The summed E-state index contributed by atoms with van der Waals surface area (Å²) in [7, 11) is 1.91. The van der Waals surface area contributed by atoms with Crippen LogP contribution in [0, 0.1) is 0 Å². The van der Waals surface area contributed by atoms with Crippen LogP contribution in [-0.2, 0) is 18.4 Å². The Morgan fingerprint density at radius 3 is 2.55 bits per heavy atom. The van der Waals surface area contributed by atoms with Gasteiger partial charge in [-0.05, 0) is 47.2 Å². The Hall–Kier alpha value is -1.79. The molecule has 0 bridgehead atoms. The van der Waals surface area contributed by atoms with Gasteiger partial charge in [-0.1, -0.05) is 28.1 Å². The zero-order chi connectivity index (χ0) is 15.7. The van der Waals surface area contributed by atoms with Crippen LogP contribution in [0.2, 0.25) is 0 Å². The second-order valence-electron chi connectivity index (χ2n) is 5.00. The standard InChI is InChI=1S/C16H13BrN2O2S/c1-18-7-6-12(9-18)8-14-15(20)19(16(21)22-14)10-11-2-4-13(17)5-3-11/h2-9H,10H2,1H3/b14-8+. The van der Waals surface area contributed by atoms with E-state index in [1.165, 1.54) is 4.90 Å². The number of imide groups is 1. The summed E-state index contributed by atoms with van der Waals surface area (Å²) in [6, 6.07) is 9.49. The lowest BCUT2D eigenvalue weighted by atomic mass is 10.2. The number of aryl methyl sites for hydroxylation is 1. The molecule has 2 aromatic rings. The van der Waals surface area contributed by atoms with Crippen molar-refractivity contribution in [3.63, 3.8) is 0 Å². The Labute approximate surface area is 140 Å². The van der Waals surface area contributed by atoms with Gasteiger partial charge in [0.25, 0.3) is 11.1 Å². The van der Waals surface area contributed by atoms with Gasteiger partial charge in [0.15, 0.2) is 0 Å². The third kappa shape index (κ3) is 3.18. The molecule has 2 heterocycles. The molecule has 3 rings (SSSR count). The van der Waals surface area contributed by atoms with Crippen LogP contribution in [-0.4, -0.2) is 20.6 Å². The molecule has 1 aliphatic rings. The van der Waals surface area contributed by atoms with E-state index >= 15 is 0 Å². The van der Waals surface area contributed by atoms with Crippen molar-refractivity contribution in [2.24, 2.45) is 7.05 Å². The van der Waals surface area contributed by atoms with Gasteiger partial charge in [-0.3, -0.25) is 14.5 Å². The Bertz CT molecular complexity index is 765. The van der Waals surface area contributed by atoms with Gasteiger partial charge in [0.2, 0.25) is 0 Å². The number of carbonyl (C=O) groups excluding carboxylic acids is 2. The molecule has 4 nitrogen and oxygen atoms in total. The van der Waals surface area contributed by atoms with E-state index in [0.717, 1.165) is 27.4 Å². The normalized spacial score (nSPS) is 16.8. The number of aromatic nitrogens is 1. The topological polar surface area (TPSA) is 42.3 Å². The van der Waals surface area contributed by atoms with Gasteiger partial charge < -0.3 is 4.57 Å². The number of rotatable bonds is 3. The van der Waals surface area contributed by atoms with Crippen LogP contribution >= 0.6 is 27.7 Å². The quantitative estimate of drug-likeness (QED) is 0.759. The minimum Gasteiger partial charge on any atom is -0.357 e. The first-order chi connectivity index (χ1) is 10.5. The Kier molecular flexibility index (Phi) is 4.22. The minimum atomic E-state index is -0.234. The van der Waals surface area contributed by atoms with Crippen LogP contribution in [0.15, 0.2) is 52.1 Å². The predicted molar refractivity (Wildman–Crippen MR) is 91.1 cm³/mol. The minimum absolute atomic E-state index is 0.227. The zero-order valence-electron chi connectivity index (χ0n) is 11.8. The van der Waals surface area contributed by atoms with Crippen molar-refractivity contribution in [2.75, 3.05) is 0 Å². The molecule has 0 N–H and O–H groups in total. The fraction of sp³-hybridized carbons (Fsp3) is 0.125. The van der Waals surface area contributed by atoms with E-state index in [2.05, 4.69) is 15.9 Å². The first-order valence-corrected chi connectivity index (χ1v) is 8.25. The summed E-state index contributed by atoms with van der Waals surface area (Å²) in [6.07, 6.45) is 5.56. The lowest BCUT2D eigenvalue weighted by molar-refractivity contribution is -0.123. The van der Waals surface area contributed by atoms with Crippen molar-refractivity contribution in [2.45, 2.75) is 6.54 Å². The van der Waals surface area contributed by atoms with Gasteiger partial charge in [0.1, 0.15) is 0 Å². The predicted octanol–water partition coefficient (Wildman–Crippen LogP) is 4.02. The number of hydrogen-bond donors (Lipinski definition) is 0. The molecule has 1 aliphatic heterocycles. The van der Waals surface area contributed by atoms with E-state index in [1.807, 2.05) is 54.3 Å². The number of thioether (sulfide) groups is 1. The monoisotopic (exact) mass is 376 g/mol. The molecule has 1 saturated heterocycles. The first kappa shape index (κ1) is 15.1. The molecule has 0 atom stereocenters. The van der Waals surface area contributed by atoms with Gasteiger partial charge in [0.05, 0.1) is 11.4 Å². The summed E-state index contributed by atoms with van der Waals surface area (Å²) in [4.78, 5) is 26.2. The zero-order valence-corrected chi connectivity index (χ0v) is 14.2. The third-order valence-electron chi connectivity index (χ3n) is 3.28. The van der Waals surface area contributed by atoms with E-state index in [4.69, 9.17) is 0 Å². The van der Waals surface area contributed by atoms with Crippen LogP contribution in [0.3, 0.4) is 0 Å². The average molecular weight is 377 g/mol. The highest BCUT2D eigenvalue weighted by Gasteiger charge is 2.34. The Balaban J connectivity index is 1.79. The molecule has 0 unspecified atom stereocenters. The highest BCUT2D eigenvalue weighted by molar-refractivity contribution is 9.10. The highest BCUT2D eigenvalue weighted by Crippen LogP contribution is 2.33. The summed E-state index contributed by atoms with van der Waals surface area (Å²) < 4.78 is 2.87. The van der Waals surface area contributed by atoms with Gasteiger partial charge in [-0.25, -0.2) is 0 Å². The number of benzene rings is 1. The molecule has 0 spiro atoms. The number of hydrogen-bond acceptors (Lipinski definition) is 3. The summed E-state index contributed by atoms with van der Waals surface area (Å²) in [5.74, 6) is -0.234. The molecular weight excluding hydrogens is 364 g/mol. The summed E-state index contributed by atoms with van der Waals surface area (Å²) in [5, 5.41) is -0.227. The Morgan fingerprint density at radius 1 is 1.18 bits per heavy atom. The average Bonchev–Trinajstić information content (AvgIpc) is 3.00. The van der Waals surface area contributed by atoms with Gasteiger partial charge >= 0.3 is 0 Å². The number of amides is 2. The van der Waals surface area contributed by atoms with Gasteiger partial charge in [-0.2, -0.15) is 0 Å². The molecule has 22 heavy (non-hydrogen) atoms. The highest BCUT2D eigenvalue weighted by atomic mass is 79.9. The van der Waals surface area contributed by atoms with E-state index in [9.17, 15) is 9.59 Å². The maximum absolute atomic E-state index is 12.4. The van der Waals surface area contributed by atoms with E-state index in [1.54, 1.807) is 6.08 Å². The largest absolute Gasteiger partial charge is 0.357 e. The molecule has 6 heteroatoms. The van der Waals surface area contributed by atoms with Crippen molar-refractivity contribution in [3.05, 3.63) is 63.2 Å². The second kappa shape index (κ2) is 6.14. The molecule has 1 fully saturated rings. The van der Waals surface area contributed by atoms with Crippen molar-refractivity contribution >= 4 is 44.9 Å². The number of halogens is 1. The van der Waals surface area contributed by atoms with Crippen molar-refractivity contribution in [1.82, 2.24) is 9.47 Å². The molecule has 1 aromatic heterocycles. The number of carbonyl (C=O) groups is 2. The van der Waals surface area contributed by atoms with Gasteiger partial charge in [-0.15, -0.1) is 0 Å². The fourth-order valence-corrected chi connectivity index (χ4v) is 3.27. The van der Waals surface area contributed by atoms with Crippen molar-refractivity contribution < 1.29 is 9.59 Å². The molecule has 0 saturated carbocycles. The first-order valence-electron chi connectivity index (χ1n) is 6.65. The fourth-order valence-electron chi connectivity index (χ4n) is 2.17. The smallest absolute Gasteiger partial charge is 0.293 e. The van der Waals surface area contributed by atoms with Crippen LogP contribution in [0.25, 0.3) is 6.08 Å². The van der Waals surface area contributed by atoms with Crippen LogP contribution < -0.4 is 0 Å². The lowest BCUT2D eigenvalue weighted by Crippen LogP contribution is -2.27. The summed E-state index contributed by atoms with van der Waals surface area (Å²) >= 11 is 4.36. The second-order valence-corrected chi connectivity index (χ2v) is 6.91. The molecule has 2 amide bonds. The lowest BCUT2D eigenvalue weighted by Gasteiger charge is -2.12.